The quantitative estimate of drug-likeness (QED) is 0.190. The molecule has 0 unspecified atom stereocenters. The van der Waals surface area contributed by atoms with Crippen molar-refractivity contribution in [1.82, 2.24) is 5.43 Å². The number of ether oxygens (including phenoxy) is 4. The van der Waals surface area contributed by atoms with Crippen molar-refractivity contribution in [2.24, 2.45) is 5.10 Å². The van der Waals surface area contributed by atoms with E-state index in [0.717, 1.165) is 5.56 Å². The van der Waals surface area contributed by atoms with Gasteiger partial charge >= 0.3 is 5.97 Å². The Bertz CT molecular complexity index is 1230. The van der Waals surface area contributed by atoms with Crippen molar-refractivity contribution < 1.29 is 28.5 Å². The zero-order valence-corrected chi connectivity index (χ0v) is 20.3. The first-order chi connectivity index (χ1) is 16.9. The Labute approximate surface area is 208 Å². The third-order valence-electron chi connectivity index (χ3n) is 4.78. The van der Waals surface area contributed by atoms with Gasteiger partial charge in [0.15, 0.2) is 23.0 Å². The van der Waals surface area contributed by atoms with Crippen LogP contribution >= 0.6 is 11.6 Å². The summed E-state index contributed by atoms with van der Waals surface area (Å²) in [4.78, 5) is 24.8. The van der Waals surface area contributed by atoms with Crippen LogP contribution in [0.5, 0.6) is 23.0 Å². The number of amides is 1. The maximum atomic E-state index is 12.5. The van der Waals surface area contributed by atoms with E-state index in [-0.39, 0.29) is 23.6 Å². The first kappa shape index (κ1) is 25.6. The van der Waals surface area contributed by atoms with Gasteiger partial charge in [-0.15, -0.1) is 0 Å². The Morgan fingerprint density at radius 3 is 2.40 bits per heavy atom. The molecule has 0 saturated carbocycles. The number of halogens is 1. The second kappa shape index (κ2) is 12.4. The van der Waals surface area contributed by atoms with E-state index < -0.39 is 5.97 Å². The van der Waals surface area contributed by atoms with Gasteiger partial charge in [0.05, 0.1) is 44.0 Å². The lowest BCUT2D eigenvalue weighted by atomic mass is 10.1. The first-order valence-electron chi connectivity index (χ1n) is 10.7. The van der Waals surface area contributed by atoms with Crippen molar-refractivity contribution in [2.45, 2.75) is 13.3 Å². The summed E-state index contributed by atoms with van der Waals surface area (Å²) in [6, 6.07) is 16.8. The van der Waals surface area contributed by atoms with Crippen LogP contribution in [0.1, 0.15) is 28.4 Å². The third-order valence-corrected chi connectivity index (χ3v) is 5.11. The van der Waals surface area contributed by atoms with E-state index in [1.54, 1.807) is 67.8 Å². The van der Waals surface area contributed by atoms with Crippen LogP contribution in [0, 0.1) is 0 Å². The predicted molar refractivity (Wildman–Crippen MR) is 133 cm³/mol. The molecule has 182 valence electrons. The van der Waals surface area contributed by atoms with Crippen LogP contribution in [-0.4, -0.2) is 38.9 Å². The van der Waals surface area contributed by atoms with Crippen molar-refractivity contribution in [1.29, 1.82) is 0 Å². The molecule has 9 heteroatoms. The topological polar surface area (TPSA) is 95.5 Å². The van der Waals surface area contributed by atoms with Gasteiger partial charge in [0.1, 0.15) is 0 Å². The second-order valence-electron chi connectivity index (χ2n) is 7.17. The van der Waals surface area contributed by atoms with Gasteiger partial charge in [0.25, 0.3) is 0 Å². The van der Waals surface area contributed by atoms with E-state index in [1.807, 2.05) is 6.92 Å². The Hall–Kier alpha value is -4.04. The fourth-order valence-electron chi connectivity index (χ4n) is 3.13. The maximum Gasteiger partial charge on any atom is 0.345 e. The third kappa shape index (κ3) is 6.97. The molecule has 3 aromatic carbocycles. The molecule has 0 bridgehead atoms. The number of carbonyl (C=O) groups excluding carboxylic acids is 2. The monoisotopic (exact) mass is 496 g/mol. The minimum absolute atomic E-state index is 0.110. The molecule has 3 rings (SSSR count). The highest BCUT2D eigenvalue weighted by atomic mass is 35.5. The molecule has 0 aliphatic carbocycles. The lowest BCUT2D eigenvalue weighted by Crippen LogP contribution is -2.19. The molecule has 0 saturated heterocycles. The number of hydrogen-bond acceptors (Lipinski definition) is 7. The Kier molecular flexibility index (Phi) is 9.09. The first-order valence-corrected chi connectivity index (χ1v) is 11.1. The summed E-state index contributed by atoms with van der Waals surface area (Å²) in [7, 11) is 3.08. The summed E-state index contributed by atoms with van der Waals surface area (Å²) in [5, 5.41) is 4.30. The number of carbonyl (C=O) groups is 2. The molecule has 0 radical (unpaired) electrons. The van der Waals surface area contributed by atoms with E-state index in [2.05, 4.69) is 10.5 Å². The average molecular weight is 497 g/mol. The van der Waals surface area contributed by atoms with Crippen molar-refractivity contribution in [3.05, 3.63) is 82.4 Å². The van der Waals surface area contributed by atoms with Crippen LogP contribution in [0.15, 0.2) is 65.8 Å². The molecule has 3 aromatic rings. The van der Waals surface area contributed by atoms with Gasteiger partial charge in [-0.2, -0.15) is 5.10 Å². The van der Waals surface area contributed by atoms with Gasteiger partial charge in [0.2, 0.25) is 5.91 Å². The van der Waals surface area contributed by atoms with Crippen LogP contribution in [0.25, 0.3) is 0 Å². The summed E-state index contributed by atoms with van der Waals surface area (Å²) in [6.07, 6.45) is 1.58. The Balaban J connectivity index is 1.65. The van der Waals surface area contributed by atoms with Crippen LogP contribution in [0.2, 0.25) is 5.02 Å². The maximum absolute atomic E-state index is 12.5. The largest absolute Gasteiger partial charge is 0.493 e. The van der Waals surface area contributed by atoms with Gasteiger partial charge < -0.3 is 18.9 Å². The normalized spacial score (nSPS) is 10.6. The molecule has 1 N–H and O–H groups in total. The van der Waals surface area contributed by atoms with Crippen molar-refractivity contribution >= 4 is 29.7 Å². The summed E-state index contributed by atoms with van der Waals surface area (Å²) in [5.74, 6) is 0.824. The molecule has 8 nitrogen and oxygen atoms in total. The number of nitrogens with one attached hydrogen (secondary N) is 1. The van der Waals surface area contributed by atoms with E-state index in [4.69, 9.17) is 30.5 Å². The Morgan fingerprint density at radius 1 is 0.943 bits per heavy atom. The fraction of sp³-hybridized carbons (Fsp3) is 0.192. The number of methoxy groups -OCH3 is 2. The highest BCUT2D eigenvalue weighted by Crippen LogP contribution is 2.30. The van der Waals surface area contributed by atoms with E-state index >= 15 is 0 Å². The van der Waals surface area contributed by atoms with Crippen LogP contribution in [0.3, 0.4) is 0 Å². The van der Waals surface area contributed by atoms with E-state index in [1.165, 1.54) is 13.3 Å². The minimum atomic E-state index is -0.597. The molecule has 1 amide bonds. The van der Waals surface area contributed by atoms with E-state index in [9.17, 15) is 9.59 Å². The van der Waals surface area contributed by atoms with Crippen LogP contribution in [0.4, 0.5) is 0 Å². The predicted octanol–water partition coefficient (Wildman–Crippen LogP) is 4.67. The summed E-state index contributed by atoms with van der Waals surface area (Å²) in [5.41, 5.74) is 4.12. The lowest BCUT2D eigenvalue weighted by molar-refractivity contribution is -0.120. The number of hydrogen-bond donors (Lipinski definition) is 1. The van der Waals surface area contributed by atoms with Crippen molar-refractivity contribution in [3.63, 3.8) is 0 Å². The molecule has 0 heterocycles. The zero-order valence-electron chi connectivity index (χ0n) is 19.5. The zero-order chi connectivity index (χ0) is 25.2. The molecule has 0 atom stereocenters. The number of benzene rings is 3. The number of nitrogens with zero attached hydrogens (tertiary/aromatic N) is 1. The molecule has 0 spiro atoms. The molecular weight excluding hydrogens is 472 g/mol. The number of rotatable bonds is 10. The summed E-state index contributed by atoms with van der Waals surface area (Å²) >= 11 is 6.08. The molecule has 0 aliphatic rings. The highest BCUT2D eigenvalue weighted by Gasteiger charge is 2.15. The minimum Gasteiger partial charge on any atom is -0.493 e. The van der Waals surface area contributed by atoms with Gasteiger partial charge in [-0.25, -0.2) is 10.2 Å². The smallest absolute Gasteiger partial charge is 0.345 e. The average Bonchev–Trinajstić information content (AvgIpc) is 2.85. The molecule has 0 aliphatic heterocycles. The van der Waals surface area contributed by atoms with Gasteiger partial charge in [-0.3, -0.25) is 4.79 Å². The van der Waals surface area contributed by atoms with Crippen molar-refractivity contribution in [2.75, 3.05) is 20.8 Å². The second-order valence-corrected chi connectivity index (χ2v) is 7.58. The van der Waals surface area contributed by atoms with E-state index in [0.29, 0.717) is 34.4 Å². The molecule has 0 fully saturated rings. The number of hydrazone groups is 1. The molecule has 35 heavy (non-hydrogen) atoms. The van der Waals surface area contributed by atoms with Gasteiger partial charge in [-0.1, -0.05) is 29.8 Å². The van der Waals surface area contributed by atoms with Gasteiger partial charge in [-0.05, 0) is 60.5 Å². The SMILES string of the molecule is CCOc1cc(C=NNC(=O)Cc2ccc(OC)c(OC)c2)ccc1OC(=O)c1ccccc1Cl. The van der Waals surface area contributed by atoms with Gasteiger partial charge in [0, 0.05) is 0 Å². The van der Waals surface area contributed by atoms with Crippen LogP contribution in [-0.2, 0) is 11.2 Å². The summed E-state index contributed by atoms with van der Waals surface area (Å²) in [6.45, 7) is 2.17. The van der Waals surface area contributed by atoms with Crippen molar-refractivity contribution in [3.8, 4) is 23.0 Å². The fourth-order valence-corrected chi connectivity index (χ4v) is 3.35. The standard InChI is InChI=1S/C26H25ClN2O6/c1-4-34-24-14-18(10-12-22(24)35-26(31)19-7-5-6-8-20(19)27)16-28-29-25(30)15-17-9-11-21(32-2)23(13-17)33-3/h5-14,16H,4,15H2,1-3H3,(H,29,30). The number of esters is 1. The molecular formula is C26H25ClN2O6. The lowest BCUT2D eigenvalue weighted by Gasteiger charge is -2.12. The van der Waals surface area contributed by atoms with Crippen LogP contribution < -0.4 is 24.4 Å². The highest BCUT2D eigenvalue weighted by molar-refractivity contribution is 6.33. The summed E-state index contributed by atoms with van der Waals surface area (Å²) < 4.78 is 21.6. The molecule has 0 aromatic heterocycles. The Morgan fingerprint density at radius 2 is 1.69 bits per heavy atom.